The predicted molar refractivity (Wildman–Crippen MR) is 143 cm³/mol. The largest absolute Gasteiger partial charge is 0.387 e. The maximum absolute atomic E-state index is 12.8. The van der Waals surface area contributed by atoms with Crippen molar-refractivity contribution in [1.82, 2.24) is 14.5 Å². The smallest absolute Gasteiger partial charge is 0.265 e. The Morgan fingerprint density at radius 2 is 2.00 bits per heavy atom. The van der Waals surface area contributed by atoms with Crippen molar-refractivity contribution in [2.45, 2.75) is 37.8 Å². The van der Waals surface area contributed by atoms with Gasteiger partial charge in [-0.3, -0.25) is 9.59 Å². The molecule has 0 N–H and O–H groups in total. The molecule has 1 atom stereocenters. The third-order valence-corrected chi connectivity index (χ3v) is 8.60. The van der Waals surface area contributed by atoms with Crippen molar-refractivity contribution in [3.05, 3.63) is 82.5 Å². The fourth-order valence-electron chi connectivity index (χ4n) is 4.34. The Balaban J connectivity index is 1.18. The van der Waals surface area contributed by atoms with Crippen molar-refractivity contribution >= 4 is 66.4 Å². The number of aromatic nitrogens is 2. The van der Waals surface area contributed by atoms with E-state index in [0.717, 1.165) is 39.3 Å². The summed E-state index contributed by atoms with van der Waals surface area (Å²) in [6.45, 7) is 1.30. The van der Waals surface area contributed by atoms with E-state index in [1.54, 1.807) is 23.6 Å². The van der Waals surface area contributed by atoms with Crippen molar-refractivity contribution in [3.8, 4) is 0 Å². The lowest BCUT2D eigenvalue weighted by Gasteiger charge is -2.31. The van der Waals surface area contributed by atoms with Crippen molar-refractivity contribution in [1.29, 1.82) is 0 Å². The number of oxime groups is 1. The number of benzene rings is 1. The molecular formula is C24H21Br2ClN4O3S. The zero-order valence-electron chi connectivity index (χ0n) is 18.5. The number of hydrogen-bond donors (Lipinski definition) is 0. The first kappa shape index (κ1) is 24.7. The second-order valence-electron chi connectivity index (χ2n) is 8.52. The molecule has 5 rings (SSSR count). The van der Waals surface area contributed by atoms with E-state index in [2.05, 4.69) is 37.0 Å². The van der Waals surface area contributed by atoms with Gasteiger partial charge < -0.3 is 14.3 Å². The SMILES string of the molecule is O=C(Cn1cc(Br)cc(Br)c1=O)N1CCC(c2nc(C3=NOC(c4ccccc4Cl)C3)cs2)CC1. The van der Waals surface area contributed by atoms with Crippen LogP contribution in [0.2, 0.25) is 5.02 Å². The summed E-state index contributed by atoms with van der Waals surface area (Å²) in [4.78, 5) is 37.4. The fourth-order valence-corrected chi connectivity index (χ4v) is 6.86. The fraction of sp³-hybridized carbons (Fsp3) is 0.333. The van der Waals surface area contributed by atoms with Crippen LogP contribution >= 0.6 is 54.8 Å². The average Bonchev–Trinajstić information content (AvgIpc) is 3.53. The van der Waals surface area contributed by atoms with Gasteiger partial charge in [0.15, 0.2) is 6.10 Å². The van der Waals surface area contributed by atoms with Crippen LogP contribution in [0.15, 0.2) is 60.8 Å². The zero-order valence-corrected chi connectivity index (χ0v) is 23.2. The number of thiazole rings is 1. The number of amides is 1. The number of nitrogens with zero attached hydrogens (tertiary/aromatic N) is 4. The Kier molecular flexibility index (Phi) is 7.43. The van der Waals surface area contributed by atoms with Crippen molar-refractivity contribution in [3.63, 3.8) is 0 Å². The number of pyridine rings is 1. The number of piperidine rings is 1. The molecule has 1 fully saturated rings. The molecular weight excluding hydrogens is 620 g/mol. The summed E-state index contributed by atoms with van der Waals surface area (Å²) < 4.78 is 2.59. The molecule has 2 aromatic heterocycles. The molecule has 0 aliphatic carbocycles. The third kappa shape index (κ3) is 5.40. The lowest BCUT2D eigenvalue weighted by Crippen LogP contribution is -2.41. The van der Waals surface area contributed by atoms with Crippen LogP contribution in [0.25, 0.3) is 0 Å². The van der Waals surface area contributed by atoms with Gasteiger partial charge in [-0.1, -0.05) is 35.0 Å². The first-order valence-electron chi connectivity index (χ1n) is 11.1. The van der Waals surface area contributed by atoms with E-state index in [1.807, 2.05) is 34.5 Å². The van der Waals surface area contributed by atoms with Crippen LogP contribution < -0.4 is 5.56 Å². The van der Waals surface area contributed by atoms with Gasteiger partial charge in [0.05, 0.1) is 15.2 Å². The van der Waals surface area contributed by atoms with Crippen molar-refractivity contribution in [2.75, 3.05) is 13.1 Å². The Hall–Kier alpha value is -2.01. The summed E-state index contributed by atoms with van der Waals surface area (Å²) in [5.41, 5.74) is 2.38. The van der Waals surface area contributed by atoms with Crippen LogP contribution in [-0.4, -0.2) is 39.2 Å². The van der Waals surface area contributed by atoms with E-state index < -0.39 is 0 Å². The molecule has 1 aromatic carbocycles. The summed E-state index contributed by atoms with van der Waals surface area (Å²) >= 11 is 14.6. The van der Waals surface area contributed by atoms with Gasteiger partial charge in [0.25, 0.3) is 5.56 Å². The van der Waals surface area contributed by atoms with E-state index >= 15 is 0 Å². The Bertz CT molecular complexity index is 1350. The number of hydrogen-bond acceptors (Lipinski definition) is 6. The van der Waals surface area contributed by atoms with Gasteiger partial charge in [-0.25, -0.2) is 4.98 Å². The molecule has 7 nitrogen and oxygen atoms in total. The highest BCUT2D eigenvalue weighted by molar-refractivity contribution is 9.11. The van der Waals surface area contributed by atoms with E-state index in [4.69, 9.17) is 21.4 Å². The van der Waals surface area contributed by atoms with Gasteiger partial charge in [-0.15, -0.1) is 11.3 Å². The maximum atomic E-state index is 12.8. The number of halogens is 3. The van der Waals surface area contributed by atoms with Crippen LogP contribution in [0.3, 0.4) is 0 Å². The van der Waals surface area contributed by atoms with Gasteiger partial charge >= 0.3 is 0 Å². The lowest BCUT2D eigenvalue weighted by atomic mass is 9.97. The van der Waals surface area contributed by atoms with Crippen LogP contribution in [-0.2, 0) is 16.2 Å². The second-order valence-corrected chi connectivity index (χ2v) is 11.6. The first-order chi connectivity index (χ1) is 16.9. The molecule has 0 bridgehead atoms. The van der Waals surface area contributed by atoms with Gasteiger partial charge in [-0.05, 0) is 56.8 Å². The van der Waals surface area contributed by atoms with E-state index in [0.29, 0.717) is 34.9 Å². The van der Waals surface area contributed by atoms with E-state index in [-0.39, 0.29) is 24.1 Å². The van der Waals surface area contributed by atoms with Gasteiger partial charge in [0.2, 0.25) is 5.91 Å². The molecule has 1 amide bonds. The standard InChI is InChI=1S/C24H21Br2ClN4O3S/c25-15-9-17(26)24(33)31(11-15)12-22(32)30-7-5-14(6-8-30)23-28-20(13-35-23)19-10-21(34-29-19)16-3-1-2-4-18(16)27/h1-4,9,11,13-14,21H,5-8,10,12H2. The summed E-state index contributed by atoms with van der Waals surface area (Å²) in [6, 6.07) is 9.33. The molecule has 0 spiro atoms. The molecule has 182 valence electrons. The molecule has 11 heteroatoms. The Morgan fingerprint density at radius 1 is 1.23 bits per heavy atom. The highest BCUT2D eigenvalue weighted by Gasteiger charge is 2.29. The van der Waals surface area contributed by atoms with Crippen LogP contribution in [0.1, 0.15) is 47.5 Å². The highest BCUT2D eigenvalue weighted by Crippen LogP contribution is 2.35. The van der Waals surface area contributed by atoms with Crippen LogP contribution in [0, 0.1) is 0 Å². The quantitative estimate of drug-likeness (QED) is 0.356. The molecule has 1 saturated heterocycles. The average molecular weight is 641 g/mol. The van der Waals surface area contributed by atoms with Gasteiger partial charge in [-0.2, -0.15) is 0 Å². The summed E-state index contributed by atoms with van der Waals surface area (Å²) in [5.74, 6) is 0.237. The number of rotatable bonds is 5. The molecule has 4 heterocycles. The molecule has 0 saturated carbocycles. The molecule has 2 aliphatic rings. The second kappa shape index (κ2) is 10.5. The highest BCUT2D eigenvalue weighted by atomic mass is 79.9. The van der Waals surface area contributed by atoms with Gasteiger partial charge in [0, 0.05) is 52.1 Å². The molecule has 1 unspecified atom stereocenters. The molecule has 2 aliphatic heterocycles. The number of likely N-dealkylation sites (tertiary alicyclic amines) is 1. The summed E-state index contributed by atoms with van der Waals surface area (Å²) in [7, 11) is 0. The molecule has 35 heavy (non-hydrogen) atoms. The predicted octanol–water partition coefficient (Wildman–Crippen LogP) is 5.76. The molecule has 0 radical (unpaired) electrons. The van der Waals surface area contributed by atoms with Crippen LogP contribution in [0.5, 0.6) is 0 Å². The minimum atomic E-state index is -0.220. The number of carbonyl (C=O) groups is 1. The minimum Gasteiger partial charge on any atom is -0.387 e. The third-order valence-electron chi connectivity index (χ3n) is 6.25. The summed E-state index contributed by atoms with van der Waals surface area (Å²) in [5, 5.41) is 8.03. The van der Waals surface area contributed by atoms with Crippen molar-refractivity contribution in [2.24, 2.45) is 5.16 Å². The Labute approximate surface area is 228 Å². The lowest BCUT2D eigenvalue weighted by molar-refractivity contribution is -0.132. The zero-order chi connectivity index (χ0) is 24.5. The van der Waals surface area contributed by atoms with E-state index in [9.17, 15) is 9.59 Å². The monoisotopic (exact) mass is 638 g/mol. The normalized spacial score (nSPS) is 18.4. The van der Waals surface area contributed by atoms with Crippen LogP contribution in [0.4, 0.5) is 0 Å². The first-order valence-corrected chi connectivity index (χ1v) is 14.0. The topological polar surface area (TPSA) is 76.8 Å². The van der Waals surface area contributed by atoms with Crippen molar-refractivity contribution < 1.29 is 9.63 Å². The molecule has 3 aromatic rings. The van der Waals surface area contributed by atoms with E-state index in [1.165, 1.54) is 4.57 Å². The van der Waals surface area contributed by atoms with Gasteiger partial charge in [0.1, 0.15) is 12.3 Å². The number of carbonyl (C=O) groups excluding carboxylic acids is 1. The maximum Gasteiger partial charge on any atom is 0.265 e. The summed E-state index contributed by atoms with van der Waals surface area (Å²) in [6.07, 6.45) is 3.74. The minimum absolute atomic E-state index is 0.0232. The Morgan fingerprint density at radius 3 is 2.77 bits per heavy atom.